The lowest BCUT2D eigenvalue weighted by Crippen LogP contribution is -2.13. The van der Waals surface area contributed by atoms with Crippen molar-refractivity contribution >= 4 is 28.1 Å². The van der Waals surface area contributed by atoms with Gasteiger partial charge in [0.2, 0.25) is 5.13 Å². The summed E-state index contributed by atoms with van der Waals surface area (Å²) in [6.07, 6.45) is 0. The lowest BCUT2D eigenvalue weighted by Gasteiger charge is -2.07. The zero-order valence-corrected chi connectivity index (χ0v) is 10.5. The SMILES string of the molecule is COc1ccc([N+](=O)[O-])cc1C(=O)Nc1nncs1. The predicted octanol–water partition coefficient (Wildman–Crippen LogP) is 1.71. The van der Waals surface area contributed by atoms with Crippen LogP contribution < -0.4 is 10.1 Å². The molecule has 1 aromatic heterocycles. The van der Waals surface area contributed by atoms with Crippen molar-refractivity contribution in [3.8, 4) is 5.75 Å². The molecule has 0 radical (unpaired) electrons. The summed E-state index contributed by atoms with van der Waals surface area (Å²) in [6, 6.07) is 3.78. The second-order valence-electron chi connectivity index (χ2n) is 3.34. The first-order valence-corrected chi connectivity index (χ1v) is 5.89. The van der Waals surface area contributed by atoms with E-state index < -0.39 is 10.8 Å². The molecule has 0 fully saturated rings. The number of aromatic nitrogens is 2. The third kappa shape index (κ3) is 2.83. The third-order valence-electron chi connectivity index (χ3n) is 2.22. The number of nitrogens with one attached hydrogen (secondary N) is 1. The van der Waals surface area contributed by atoms with E-state index in [4.69, 9.17) is 4.74 Å². The van der Waals surface area contributed by atoms with Gasteiger partial charge in [0, 0.05) is 12.1 Å². The van der Waals surface area contributed by atoms with Gasteiger partial charge in [0.15, 0.2) is 0 Å². The fourth-order valence-corrected chi connectivity index (χ4v) is 1.82. The highest BCUT2D eigenvalue weighted by atomic mass is 32.1. The number of hydrogen-bond donors (Lipinski definition) is 1. The Balaban J connectivity index is 2.33. The van der Waals surface area contributed by atoms with Gasteiger partial charge in [-0.25, -0.2) is 0 Å². The lowest BCUT2D eigenvalue weighted by atomic mass is 10.1. The number of benzene rings is 1. The number of ether oxygens (including phenoxy) is 1. The molecule has 0 aliphatic carbocycles. The van der Waals surface area contributed by atoms with Gasteiger partial charge in [-0.05, 0) is 6.07 Å². The van der Waals surface area contributed by atoms with Gasteiger partial charge >= 0.3 is 0 Å². The molecule has 1 amide bonds. The van der Waals surface area contributed by atoms with Crippen LogP contribution in [0.15, 0.2) is 23.7 Å². The van der Waals surface area contributed by atoms with Crippen LogP contribution in [0.25, 0.3) is 0 Å². The molecular formula is C10H8N4O4S. The van der Waals surface area contributed by atoms with Crippen molar-refractivity contribution in [2.75, 3.05) is 12.4 Å². The Bertz CT molecular complexity index is 614. The van der Waals surface area contributed by atoms with Crippen LogP contribution in [0, 0.1) is 10.1 Å². The van der Waals surface area contributed by atoms with E-state index in [1.807, 2.05) is 0 Å². The van der Waals surface area contributed by atoms with E-state index in [2.05, 4.69) is 15.5 Å². The molecule has 1 aromatic carbocycles. The van der Waals surface area contributed by atoms with E-state index in [0.717, 1.165) is 17.4 Å². The van der Waals surface area contributed by atoms with Gasteiger partial charge in [0.05, 0.1) is 17.6 Å². The first kappa shape index (κ1) is 12.9. The molecule has 98 valence electrons. The van der Waals surface area contributed by atoms with E-state index in [1.54, 1.807) is 0 Å². The number of amides is 1. The fraction of sp³-hybridized carbons (Fsp3) is 0.100. The largest absolute Gasteiger partial charge is 0.496 e. The Hall–Kier alpha value is -2.55. The van der Waals surface area contributed by atoms with Crippen LogP contribution in [0.4, 0.5) is 10.8 Å². The Kier molecular flexibility index (Phi) is 3.66. The van der Waals surface area contributed by atoms with Crippen LogP contribution in [0.2, 0.25) is 0 Å². The molecule has 1 heterocycles. The molecule has 0 spiro atoms. The molecule has 0 saturated heterocycles. The zero-order chi connectivity index (χ0) is 13.8. The number of anilines is 1. The van der Waals surface area contributed by atoms with Crippen molar-refractivity contribution in [3.63, 3.8) is 0 Å². The van der Waals surface area contributed by atoms with E-state index >= 15 is 0 Å². The smallest absolute Gasteiger partial charge is 0.270 e. The standard InChI is InChI=1S/C10H8N4O4S/c1-18-8-3-2-6(14(16)17)4-7(8)9(15)12-10-13-11-5-19-10/h2-5H,1H3,(H,12,13,15). The predicted molar refractivity (Wildman–Crippen MR) is 67.5 cm³/mol. The number of hydrogen-bond acceptors (Lipinski definition) is 7. The van der Waals surface area contributed by atoms with Crippen LogP contribution in [0.1, 0.15) is 10.4 Å². The van der Waals surface area contributed by atoms with Crippen molar-refractivity contribution in [1.82, 2.24) is 10.2 Å². The number of nitro groups is 1. The average molecular weight is 280 g/mol. The number of nitro benzene ring substituents is 1. The second kappa shape index (κ2) is 5.40. The molecule has 9 heteroatoms. The van der Waals surface area contributed by atoms with Crippen molar-refractivity contribution < 1.29 is 14.5 Å². The van der Waals surface area contributed by atoms with Crippen molar-refractivity contribution in [3.05, 3.63) is 39.4 Å². The molecule has 0 unspecified atom stereocenters. The first-order chi connectivity index (χ1) is 9.11. The van der Waals surface area contributed by atoms with Gasteiger partial charge < -0.3 is 4.74 Å². The van der Waals surface area contributed by atoms with Crippen LogP contribution >= 0.6 is 11.3 Å². The normalized spacial score (nSPS) is 9.95. The topological polar surface area (TPSA) is 107 Å². The van der Waals surface area contributed by atoms with Gasteiger partial charge in [-0.1, -0.05) is 11.3 Å². The summed E-state index contributed by atoms with van der Waals surface area (Å²) in [6.45, 7) is 0. The molecule has 0 aliphatic heterocycles. The minimum atomic E-state index is -0.582. The van der Waals surface area contributed by atoms with Crippen LogP contribution in [-0.4, -0.2) is 28.1 Å². The summed E-state index contributed by atoms with van der Waals surface area (Å²) < 4.78 is 5.00. The highest BCUT2D eigenvalue weighted by Crippen LogP contribution is 2.25. The molecule has 1 N–H and O–H groups in total. The van der Waals surface area contributed by atoms with E-state index in [9.17, 15) is 14.9 Å². The van der Waals surface area contributed by atoms with Gasteiger partial charge in [-0.15, -0.1) is 10.2 Å². The summed E-state index contributed by atoms with van der Waals surface area (Å²) in [5.74, 6) is -0.301. The number of nitrogens with zero attached hydrogens (tertiary/aromatic N) is 3. The molecule has 2 rings (SSSR count). The highest BCUT2D eigenvalue weighted by Gasteiger charge is 2.18. The Labute approximate surface area is 111 Å². The molecule has 0 atom stereocenters. The molecular weight excluding hydrogens is 272 g/mol. The summed E-state index contributed by atoms with van der Waals surface area (Å²) in [4.78, 5) is 22.1. The number of carbonyl (C=O) groups excluding carboxylic acids is 1. The summed E-state index contributed by atoms with van der Waals surface area (Å²) >= 11 is 1.14. The number of methoxy groups -OCH3 is 1. The average Bonchev–Trinajstić information content (AvgIpc) is 2.90. The maximum atomic E-state index is 12.0. The van der Waals surface area contributed by atoms with Crippen molar-refractivity contribution in [2.45, 2.75) is 0 Å². The fourth-order valence-electron chi connectivity index (χ4n) is 1.38. The van der Waals surface area contributed by atoms with E-state index in [1.165, 1.54) is 24.8 Å². The molecule has 0 bridgehead atoms. The minimum absolute atomic E-state index is 0.0619. The molecule has 0 aliphatic rings. The van der Waals surface area contributed by atoms with E-state index in [-0.39, 0.29) is 17.0 Å². The molecule has 19 heavy (non-hydrogen) atoms. The van der Waals surface area contributed by atoms with Gasteiger partial charge in [0.1, 0.15) is 11.3 Å². The summed E-state index contributed by atoms with van der Waals surface area (Å²) in [5.41, 5.74) is 1.33. The van der Waals surface area contributed by atoms with Crippen LogP contribution in [0.3, 0.4) is 0 Å². The Morgan fingerprint density at radius 1 is 1.53 bits per heavy atom. The summed E-state index contributed by atoms with van der Waals surface area (Å²) in [7, 11) is 1.38. The van der Waals surface area contributed by atoms with Gasteiger partial charge in [0.25, 0.3) is 11.6 Å². The Morgan fingerprint density at radius 2 is 2.32 bits per heavy atom. The number of rotatable bonds is 4. The lowest BCUT2D eigenvalue weighted by molar-refractivity contribution is -0.384. The Morgan fingerprint density at radius 3 is 2.89 bits per heavy atom. The number of non-ortho nitro benzene ring substituents is 1. The first-order valence-electron chi connectivity index (χ1n) is 5.01. The maximum Gasteiger partial charge on any atom is 0.270 e. The zero-order valence-electron chi connectivity index (χ0n) is 9.69. The monoisotopic (exact) mass is 280 g/mol. The van der Waals surface area contributed by atoms with Crippen LogP contribution in [0.5, 0.6) is 5.75 Å². The highest BCUT2D eigenvalue weighted by molar-refractivity contribution is 7.13. The maximum absolute atomic E-state index is 12.0. The van der Waals surface area contributed by atoms with Crippen molar-refractivity contribution in [2.24, 2.45) is 0 Å². The molecule has 0 saturated carbocycles. The second-order valence-corrected chi connectivity index (χ2v) is 4.17. The molecule has 8 nitrogen and oxygen atoms in total. The third-order valence-corrected chi connectivity index (χ3v) is 2.83. The minimum Gasteiger partial charge on any atom is -0.496 e. The van der Waals surface area contributed by atoms with Crippen molar-refractivity contribution in [1.29, 1.82) is 0 Å². The van der Waals surface area contributed by atoms with E-state index in [0.29, 0.717) is 5.13 Å². The molecule has 2 aromatic rings. The summed E-state index contributed by atoms with van der Waals surface area (Å²) in [5, 5.41) is 20.7. The van der Waals surface area contributed by atoms with Gasteiger partial charge in [-0.3, -0.25) is 20.2 Å². The van der Waals surface area contributed by atoms with Crippen LogP contribution in [-0.2, 0) is 0 Å². The number of carbonyl (C=O) groups is 1. The van der Waals surface area contributed by atoms with Gasteiger partial charge in [-0.2, -0.15) is 0 Å². The quantitative estimate of drug-likeness (QED) is 0.674.